The zero-order valence-corrected chi connectivity index (χ0v) is 7.50. The number of halogens is 1. The average Bonchev–Trinajstić information content (AvgIpc) is 2.08. The number of carbonyl (C=O) groups is 1. The van der Waals surface area contributed by atoms with Crippen LogP contribution in [0.2, 0.25) is 0 Å². The fourth-order valence-electron chi connectivity index (χ4n) is 0.896. The van der Waals surface area contributed by atoms with Crippen LogP contribution in [0, 0.1) is 5.82 Å². The number of nitrogens with two attached hydrogens (primary N) is 2. The molecule has 4 N–H and O–H groups in total. The van der Waals surface area contributed by atoms with Crippen LogP contribution in [0.15, 0.2) is 18.2 Å². The third kappa shape index (κ3) is 2.93. The second kappa shape index (κ2) is 4.45. The van der Waals surface area contributed by atoms with Crippen LogP contribution in [0.3, 0.4) is 0 Å². The summed E-state index contributed by atoms with van der Waals surface area (Å²) in [6, 6.07) is 4.08. The first-order chi connectivity index (χ1) is 6.59. The van der Waals surface area contributed by atoms with Crippen molar-refractivity contribution in [2.45, 2.75) is 6.42 Å². The Bertz CT molecular complexity index is 342. The SMILES string of the molecule is NC(=O)CCOc1ccc(N)cc1F. The van der Waals surface area contributed by atoms with E-state index in [2.05, 4.69) is 0 Å². The monoisotopic (exact) mass is 198 g/mol. The van der Waals surface area contributed by atoms with Gasteiger partial charge in [-0.1, -0.05) is 0 Å². The predicted molar refractivity (Wildman–Crippen MR) is 50.1 cm³/mol. The Morgan fingerprint density at radius 2 is 2.21 bits per heavy atom. The minimum Gasteiger partial charge on any atom is -0.490 e. The minimum absolute atomic E-state index is 0.0593. The number of ether oxygens (including phenoxy) is 1. The van der Waals surface area contributed by atoms with Gasteiger partial charge < -0.3 is 16.2 Å². The van der Waals surface area contributed by atoms with E-state index in [-0.39, 0.29) is 18.8 Å². The van der Waals surface area contributed by atoms with Gasteiger partial charge in [0, 0.05) is 11.8 Å². The molecule has 0 radical (unpaired) electrons. The van der Waals surface area contributed by atoms with Crippen molar-refractivity contribution in [3.63, 3.8) is 0 Å². The maximum absolute atomic E-state index is 13.1. The lowest BCUT2D eigenvalue weighted by molar-refractivity contribution is -0.118. The maximum atomic E-state index is 13.1. The van der Waals surface area contributed by atoms with Gasteiger partial charge in [0.1, 0.15) is 0 Å². The zero-order chi connectivity index (χ0) is 10.6. The van der Waals surface area contributed by atoms with Gasteiger partial charge in [0.25, 0.3) is 0 Å². The molecule has 0 aliphatic rings. The molecule has 1 aromatic rings. The van der Waals surface area contributed by atoms with Crippen molar-refractivity contribution in [1.82, 2.24) is 0 Å². The van der Waals surface area contributed by atoms with Crippen LogP contribution in [0.1, 0.15) is 6.42 Å². The van der Waals surface area contributed by atoms with E-state index in [1.807, 2.05) is 0 Å². The molecule has 0 saturated heterocycles. The zero-order valence-electron chi connectivity index (χ0n) is 7.50. The summed E-state index contributed by atoms with van der Waals surface area (Å²) in [6.07, 6.45) is 0.0593. The average molecular weight is 198 g/mol. The second-order valence-electron chi connectivity index (χ2n) is 2.75. The Morgan fingerprint density at radius 3 is 2.79 bits per heavy atom. The quantitative estimate of drug-likeness (QED) is 0.697. The molecule has 0 spiro atoms. The van der Waals surface area contributed by atoms with Crippen LogP contribution in [0.4, 0.5) is 10.1 Å². The standard InChI is InChI=1S/C9H11FN2O2/c10-7-5-6(11)1-2-8(7)14-4-3-9(12)13/h1-2,5H,3-4,11H2,(H2,12,13). The Hall–Kier alpha value is -1.78. The van der Waals surface area contributed by atoms with Crippen molar-refractivity contribution in [1.29, 1.82) is 0 Å². The van der Waals surface area contributed by atoms with Crippen LogP contribution in [0.25, 0.3) is 0 Å². The molecule has 0 heterocycles. The van der Waals surface area contributed by atoms with E-state index in [1.54, 1.807) is 0 Å². The Kier molecular flexibility index (Phi) is 3.28. The van der Waals surface area contributed by atoms with Gasteiger partial charge in [-0.25, -0.2) is 4.39 Å². The topological polar surface area (TPSA) is 78.3 Å². The summed E-state index contributed by atoms with van der Waals surface area (Å²) in [5, 5.41) is 0. The number of anilines is 1. The molecule has 0 aliphatic carbocycles. The number of benzene rings is 1. The lowest BCUT2D eigenvalue weighted by Gasteiger charge is -2.05. The summed E-state index contributed by atoms with van der Waals surface area (Å²) in [6.45, 7) is 0.0656. The van der Waals surface area contributed by atoms with E-state index in [0.717, 1.165) is 6.07 Å². The first-order valence-corrected chi connectivity index (χ1v) is 4.05. The summed E-state index contributed by atoms with van der Waals surface area (Å²) < 4.78 is 18.0. The Labute approximate surface area is 80.6 Å². The fourth-order valence-corrected chi connectivity index (χ4v) is 0.896. The van der Waals surface area contributed by atoms with Gasteiger partial charge in [0.05, 0.1) is 13.0 Å². The Morgan fingerprint density at radius 1 is 1.50 bits per heavy atom. The molecule has 1 rings (SSSR count). The van der Waals surface area contributed by atoms with Crippen LogP contribution in [-0.2, 0) is 4.79 Å². The number of primary amides is 1. The highest BCUT2D eigenvalue weighted by Crippen LogP contribution is 2.19. The number of carbonyl (C=O) groups excluding carboxylic acids is 1. The maximum Gasteiger partial charge on any atom is 0.220 e. The van der Waals surface area contributed by atoms with Gasteiger partial charge in [-0.05, 0) is 12.1 Å². The van der Waals surface area contributed by atoms with E-state index in [0.29, 0.717) is 5.69 Å². The summed E-state index contributed by atoms with van der Waals surface area (Å²) in [4.78, 5) is 10.4. The largest absolute Gasteiger partial charge is 0.490 e. The Balaban J connectivity index is 2.55. The van der Waals surface area contributed by atoms with Gasteiger partial charge >= 0.3 is 0 Å². The number of rotatable bonds is 4. The lowest BCUT2D eigenvalue weighted by Crippen LogP contribution is -2.14. The first kappa shape index (κ1) is 10.3. The summed E-state index contributed by atoms with van der Waals surface area (Å²) in [5.74, 6) is -0.962. The van der Waals surface area contributed by atoms with E-state index < -0.39 is 11.7 Å². The summed E-state index contributed by atoms with van der Waals surface area (Å²) in [5.41, 5.74) is 10.5. The smallest absolute Gasteiger partial charge is 0.220 e. The molecule has 0 saturated carbocycles. The van der Waals surface area contributed by atoms with Crippen molar-refractivity contribution >= 4 is 11.6 Å². The molecule has 0 aromatic heterocycles. The molecule has 0 fully saturated rings. The van der Waals surface area contributed by atoms with Crippen LogP contribution in [-0.4, -0.2) is 12.5 Å². The molecule has 5 heteroatoms. The van der Waals surface area contributed by atoms with Crippen molar-refractivity contribution < 1.29 is 13.9 Å². The van der Waals surface area contributed by atoms with E-state index >= 15 is 0 Å². The van der Waals surface area contributed by atoms with Crippen molar-refractivity contribution in [2.75, 3.05) is 12.3 Å². The second-order valence-corrected chi connectivity index (χ2v) is 2.75. The molecule has 0 atom stereocenters. The molecule has 0 unspecified atom stereocenters. The van der Waals surface area contributed by atoms with Gasteiger partial charge in [-0.2, -0.15) is 0 Å². The van der Waals surface area contributed by atoms with E-state index in [1.165, 1.54) is 12.1 Å². The van der Waals surface area contributed by atoms with Crippen LogP contribution < -0.4 is 16.2 Å². The predicted octanol–water partition coefficient (Wildman–Crippen LogP) is 0.662. The van der Waals surface area contributed by atoms with E-state index in [9.17, 15) is 9.18 Å². The molecule has 1 amide bonds. The number of nitrogen functional groups attached to an aromatic ring is 1. The highest BCUT2D eigenvalue weighted by atomic mass is 19.1. The molecule has 4 nitrogen and oxygen atoms in total. The third-order valence-corrected chi connectivity index (χ3v) is 1.56. The molecular weight excluding hydrogens is 187 g/mol. The first-order valence-electron chi connectivity index (χ1n) is 4.05. The highest BCUT2D eigenvalue weighted by Gasteiger charge is 2.03. The number of hydrogen-bond donors (Lipinski definition) is 2. The lowest BCUT2D eigenvalue weighted by atomic mass is 10.3. The molecule has 76 valence electrons. The van der Waals surface area contributed by atoms with Gasteiger partial charge in [0.15, 0.2) is 11.6 Å². The third-order valence-electron chi connectivity index (χ3n) is 1.56. The van der Waals surface area contributed by atoms with Crippen molar-refractivity contribution in [2.24, 2.45) is 5.73 Å². The normalized spacial score (nSPS) is 9.79. The molecular formula is C9H11FN2O2. The fraction of sp³-hybridized carbons (Fsp3) is 0.222. The molecule has 1 aromatic carbocycles. The minimum atomic E-state index is -0.547. The van der Waals surface area contributed by atoms with Gasteiger partial charge in [-0.3, -0.25) is 4.79 Å². The van der Waals surface area contributed by atoms with Gasteiger partial charge in [-0.15, -0.1) is 0 Å². The summed E-state index contributed by atoms with van der Waals surface area (Å²) >= 11 is 0. The summed E-state index contributed by atoms with van der Waals surface area (Å²) in [7, 11) is 0. The van der Waals surface area contributed by atoms with Crippen LogP contribution >= 0.6 is 0 Å². The number of amides is 1. The molecule has 14 heavy (non-hydrogen) atoms. The highest BCUT2D eigenvalue weighted by molar-refractivity contribution is 5.73. The van der Waals surface area contributed by atoms with Crippen LogP contribution in [0.5, 0.6) is 5.75 Å². The van der Waals surface area contributed by atoms with Gasteiger partial charge in [0.2, 0.25) is 5.91 Å². The number of hydrogen-bond acceptors (Lipinski definition) is 3. The van der Waals surface area contributed by atoms with Crippen molar-refractivity contribution in [3.8, 4) is 5.75 Å². The molecule has 0 bridgehead atoms. The van der Waals surface area contributed by atoms with Crippen molar-refractivity contribution in [3.05, 3.63) is 24.0 Å². The molecule has 0 aliphatic heterocycles. The van der Waals surface area contributed by atoms with E-state index in [4.69, 9.17) is 16.2 Å².